The van der Waals surface area contributed by atoms with Crippen LogP contribution < -0.4 is 4.90 Å². The predicted molar refractivity (Wildman–Crippen MR) is 88.1 cm³/mol. The molecule has 1 atom stereocenters. The molecule has 0 bridgehead atoms. The van der Waals surface area contributed by atoms with Crippen LogP contribution in [0, 0.1) is 12.7 Å². The van der Waals surface area contributed by atoms with Crippen LogP contribution in [0.2, 0.25) is 0 Å². The fourth-order valence-electron chi connectivity index (χ4n) is 3.02. The Morgan fingerprint density at radius 2 is 1.75 bits per heavy atom. The molecule has 0 fully saturated rings. The number of amides is 1. The molecule has 1 N–H and O–H groups in total. The number of nitrogens with zero attached hydrogens (tertiary/aromatic N) is 1. The maximum atomic E-state index is 13.2. The Morgan fingerprint density at radius 1 is 1.12 bits per heavy atom. The SMILES string of the molecule is CC(=O)C1=C(O)C(=O)N(c2ccc(F)cc2)[C@@H]1c1ccccc1C. The van der Waals surface area contributed by atoms with Gasteiger partial charge in [0.2, 0.25) is 0 Å². The van der Waals surface area contributed by atoms with Crippen molar-refractivity contribution in [1.82, 2.24) is 0 Å². The monoisotopic (exact) mass is 325 g/mol. The van der Waals surface area contributed by atoms with Crippen molar-refractivity contribution in [3.8, 4) is 0 Å². The van der Waals surface area contributed by atoms with Gasteiger partial charge in [-0.2, -0.15) is 0 Å². The summed E-state index contributed by atoms with van der Waals surface area (Å²) in [5, 5.41) is 10.2. The average molecular weight is 325 g/mol. The smallest absolute Gasteiger partial charge is 0.294 e. The van der Waals surface area contributed by atoms with Gasteiger partial charge in [0.1, 0.15) is 5.82 Å². The van der Waals surface area contributed by atoms with Crippen molar-refractivity contribution < 1.29 is 19.1 Å². The lowest BCUT2D eigenvalue weighted by atomic mass is 9.93. The second-order valence-corrected chi connectivity index (χ2v) is 5.73. The highest BCUT2D eigenvalue weighted by molar-refractivity contribution is 6.16. The van der Waals surface area contributed by atoms with E-state index in [0.717, 1.165) is 11.1 Å². The van der Waals surface area contributed by atoms with Crippen LogP contribution in [0.3, 0.4) is 0 Å². The predicted octanol–water partition coefficient (Wildman–Crippen LogP) is 3.62. The molecule has 1 amide bonds. The minimum atomic E-state index is -0.735. The Labute approximate surface area is 138 Å². The van der Waals surface area contributed by atoms with Crippen molar-refractivity contribution in [2.45, 2.75) is 19.9 Å². The van der Waals surface area contributed by atoms with E-state index in [1.807, 2.05) is 31.2 Å². The summed E-state index contributed by atoms with van der Waals surface area (Å²) in [4.78, 5) is 26.0. The van der Waals surface area contributed by atoms with Gasteiger partial charge in [0, 0.05) is 5.69 Å². The largest absolute Gasteiger partial charge is 0.503 e. The standard InChI is InChI=1S/C19H16FNO3/c1-11-5-3-4-6-15(11)17-16(12(2)22)18(23)19(24)21(17)14-9-7-13(20)8-10-14/h3-10,17,23H,1-2H3/t17-/m1/s1. The van der Waals surface area contributed by atoms with Crippen LogP contribution in [0.15, 0.2) is 59.9 Å². The minimum Gasteiger partial charge on any atom is -0.503 e. The lowest BCUT2D eigenvalue weighted by Crippen LogP contribution is -2.31. The third-order valence-electron chi connectivity index (χ3n) is 4.18. The van der Waals surface area contributed by atoms with Crippen LogP contribution in [-0.2, 0) is 9.59 Å². The van der Waals surface area contributed by atoms with Crippen molar-refractivity contribution in [2.75, 3.05) is 4.90 Å². The first kappa shape index (κ1) is 15.9. The van der Waals surface area contributed by atoms with E-state index in [9.17, 15) is 19.1 Å². The molecule has 3 rings (SSSR count). The van der Waals surface area contributed by atoms with Crippen LogP contribution in [0.25, 0.3) is 0 Å². The van der Waals surface area contributed by atoms with E-state index in [2.05, 4.69) is 0 Å². The number of hydrogen-bond acceptors (Lipinski definition) is 3. The molecule has 1 heterocycles. The number of rotatable bonds is 3. The number of benzene rings is 2. The molecule has 0 saturated heterocycles. The molecule has 5 heteroatoms. The van der Waals surface area contributed by atoms with Crippen LogP contribution in [0.4, 0.5) is 10.1 Å². The number of carbonyl (C=O) groups is 2. The highest BCUT2D eigenvalue weighted by Gasteiger charge is 2.43. The van der Waals surface area contributed by atoms with Crippen molar-refractivity contribution in [3.63, 3.8) is 0 Å². The van der Waals surface area contributed by atoms with E-state index in [0.29, 0.717) is 5.69 Å². The highest BCUT2D eigenvalue weighted by atomic mass is 19.1. The summed E-state index contributed by atoms with van der Waals surface area (Å²) in [5.74, 6) is -2.03. The van der Waals surface area contributed by atoms with E-state index in [1.54, 1.807) is 0 Å². The number of halogens is 1. The fourth-order valence-corrected chi connectivity index (χ4v) is 3.02. The minimum absolute atomic E-state index is 0.0543. The van der Waals surface area contributed by atoms with Gasteiger partial charge >= 0.3 is 0 Å². The average Bonchev–Trinajstić information content (AvgIpc) is 2.81. The molecule has 24 heavy (non-hydrogen) atoms. The van der Waals surface area contributed by atoms with E-state index in [-0.39, 0.29) is 11.4 Å². The number of carbonyl (C=O) groups excluding carboxylic acids is 2. The van der Waals surface area contributed by atoms with Gasteiger partial charge < -0.3 is 5.11 Å². The number of aliphatic hydroxyl groups is 1. The second kappa shape index (κ2) is 5.92. The molecule has 2 aromatic carbocycles. The molecule has 0 aliphatic carbocycles. The van der Waals surface area contributed by atoms with Crippen molar-refractivity contribution in [1.29, 1.82) is 0 Å². The number of ketones is 1. The molecule has 4 nitrogen and oxygen atoms in total. The fraction of sp³-hybridized carbons (Fsp3) is 0.158. The molecule has 2 aromatic rings. The zero-order valence-corrected chi connectivity index (χ0v) is 13.3. The van der Waals surface area contributed by atoms with Crippen molar-refractivity contribution in [2.24, 2.45) is 0 Å². The van der Waals surface area contributed by atoms with Gasteiger partial charge in [0.05, 0.1) is 11.6 Å². The molecule has 0 radical (unpaired) electrons. The topological polar surface area (TPSA) is 57.6 Å². The Morgan fingerprint density at radius 3 is 2.33 bits per heavy atom. The van der Waals surface area contributed by atoms with Crippen LogP contribution in [0.5, 0.6) is 0 Å². The maximum Gasteiger partial charge on any atom is 0.294 e. The Kier molecular flexibility index (Phi) is 3.93. The third kappa shape index (κ3) is 2.48. The Balaban J connectivity index is 2.21. The number of hydrogen-bond donors (Lipinski definition) is 1. The molecule has 122 valence electrons. The zero-order chi connectivity index (χ0) is 17.4. The van der Waals surface area contributed by atoms with Crippen molar-refractivity contribution in [3.05, 3.63) is 76.8 Å². The van der Waals surface area contributed by atoms with Gasteiger partial charge in [-0.05, 0) is 49.2 Å². The van der Waals surface area contributed by atoms with E-state index >= 15 is 0 Å². The normalized spacial score (nSPS) is 17.5. The van der Waals surface area contributed by atoms with Crippen LogP contribution >= 0.6 is 0 Å². The summed E-state index contributed by atoms with van der Waals surface area (Å²) in [6, 6.07) is 12.0. The summed E-state index contributed by atoms with van der Waals surface area (Å²) in [6.07, 6.45) is 0. The van der Waals surface area contributed by atoms with Crippen molar-refractivity contribution >= 4 is 17.4 Å². The molecule has 0 aromatic heterocycles. The van der Waals surface area contributed by atoms with E-state index in [4.69, 9.17) is 0 Å². The summed E-state index contributed by atoms with van der Waals surface area (Å²) in [5.41, 5.74) is 2.09. The Hall–Kier alpha value is -2.95. The molecular formula is C19H16FNO3. The molecular weight excluding hydrogens is 309 g/mol. The number of aryl methyl sites for hydroxylation is 1. The number of Topliss-reactive ketones (excluding diaryl/α,β-unsaturated/α-hetero) is 1. The first-order chi connectivity index (χ1) is 11.4. The Bertz CT molecular complexity index is 855. The molecule has 0 saturated carbocycles. The van der Waals surface area contributed by atoms with Crippen LogP contribution in [0.1, 0.15) is 24.1 Å². The lowest BCUT2D eigenvalue weighted by molar-refractivity contribution is -0.117. The van der Waals surface area contributed by atoms with Gasteiger partial charge in [-0.25, -0.2) is 4.39 Å². The number of anilines is 1. The zero-order valence-electron chi connectivity index (χ0n) is 13.3. The lowest BCUT2D eigenvalue weighted by Gasteiger charge is -2.27. The first-order valence-corrected chi connectivity index (χ1v) is 7.50. The first-order valence-electron chi connectivity index (χ1n) is 7.50. The maximum absolute atomic E-state index is 13.2. The quantitative estimate of drug-likeness (QED) is 0.937. The third-order valence-corrected chi connectivity index (χ3v) is 4.18. The van der Waals surface area contributed by atoms with E-state index < -0.39 is 23.5 Å². The second-order valence-electron chi connectivity index (χ2n) is 5.73. The highest BCUT2D eigenvalue weighted by Crippen LogP contribution is 2.41. The molecule has 0 spiro atoms. The molecule has 1 aliphatic heterocycles. The summed E-state index contributed by atoms with van der Waals surface area (Å²) >= 11 is 0. The van der Waals surface area contributed by atoms with Gasteiger partial charge in [0.15, 0.2) is 11.5 Å². The summed E-state index contributed by atoms with van der Waals surface area (Å²) in [6.45, 7) is 3.19. The summed E-state index contributed by atoms with van der Waals surface area (Å²) in [7, 11) is 0. The van der Waals surface area contributed by atoms with Gasteiger partial charge in [0.25, 0.3) is 5.91 Å². The van der Waals surface area contributed by atoms with Gasteiger partial charge in [-0.3, -0.25) is 14.5 Å². The van der Waals surface area contributed by atoms with Gasteiger partial charge in [-0.15, -0.1) is 0 Å². The molecule has 0 unspecified atom stereocenters. The van der Waals surface area contributed by atoms with Crippen LogP contribution in [-0.4, -0.2) is 16.8 Å². The number of aliphatic hydroxyl groups excluding tert-OH is 1. The molecule has 1 aliphatic rings. The summed E-state index contributed by atoms with van der Waals surface area (Å²) < 4.78 is 13.2. The van der Waals surface area contributed by atoms with E-state index in [1.165, 1.54) is 36.1 Å². The van der Waals surface area contributed by atoms with Gasteiger partial charge in [-0.1, -0.05) is 24.3 Å².